The van der Waals surface area contributed by atoms with Crippen LogP contribution < -0.4 is 15.9 Å². The van der Waals surface area contributed by atoms with Crippen molar-refractivity contribution in [2.45, 2.75) is 6.16 Å². The molecule has 0 unspecified atom stereocenters. The minimum atomic E-state index is -3.20. The maximum absolute atomic E-state index is 15.1. The number of hydrogen-bond acceptors (Lipinski definition) is 0. The zero-order chi connectivity index (χ0) is 20.3. The molecule has 4 heteroatoms. The van der Waals surface area contributed by atoms with Crippen molar-refractivity contribution in [2.75, 3.05) is 0 Å². The van der Waals surface area contributed by atoms with Crippen molar-refractivity contribution < 1.29 is 4.39 Å². The van der Waals surface area contributed by atoms with Crippen molar-refractivity contribution >= 4 is 52.6 Å². The molecule has 0 spiro atoms. The molecule has 0 amide bonds. The van der Waals surface area contributed by atoms with E-state index < -0.39 is 5.31 Å². The molecule has 4 aromatic carbocycles. The number of rotatable bonds is 5. The third kappa shape index (κ3) is 3.50. The quantitative estimate of drug-likeness (QED) is 0.246. The Morgan fingerprint density at radius 1 is 0.586 bits per heavy atom. The minimum absolute atomic E-state index is 0.199. The molecule has 0 N–H and O–H groups in total. The molecule has 4 aromatic rings. The van der Waals surface area contributed by atoms with E-state index in [-0.39, 0.29) is 5.82 Å². The van der Waals surface area contributed by atoms with Crippen LogP contribution in [0.5, 0.6) is 0 Å². The summed E-state index contributed by atoms with van der Waals surface area (Å²) in [6, 6.07) is 36.5. The van der Waals surface area contributed by atoms with Crippen molar-refractivity contribution in [1.82, 2.24) is 0 Å². The summed E-state index contributed by atoms with van der Waals surface area (Å²) in [5.41, 5.74) is 0.679. The molecule has 0 aliphatic heterocycles. The summed E-state index contributed by atoms with van der Waals surface area (Å²) in [6.07, 6.45) is 0.525. The average Bonchev–Trinajstić information content (AvgIpc) is 2.78. The Labute approximate surface area is 187 Å². The Hall–Kier alpha value is -1.80. The summed E-state index contributed by atoms with van der Waals surface area (Å²) in [5.74, 6) is -0.199. The zero-order valence-electron chi connectivity index (χ0n) is 15.7. The van der Waals surface area contributed by atoms with Crippen molar-refractivity contribution in [3.8, 4) is 0 Å². The Morgan fingerprint density at radius 3 is 1.38 bits per heavy atom. The second kappa shape index (κ2) is 8.14. The molecular formula is C25H20Br2FP. The standard InChI is InChI=1S/C25H20Br2FP/c26-24-17-10-18-25(28)23(24)19-29(27,20-11-4-1-5-12-20,21-13-6-2-7-14-21)22-15-8-3-9-16-22/h1-18H,19H2. The molecule has 0 aromatic heterocycles. The first-order chi connectivity index (χ1) is 14.0. The Morgan fingerprint density at radius 2 is 1.00 bits per heavy atom. The first kappa shape index (κ1) is 20.5. The predicted molar refractivity (Wildman–Crippen MR) is 132 cm³/mol. The molecule has 29 heavy (non-hydrogen) atoms. The molecule has 0 aliphatic carbocycles. The summed E-state index contributed by atoms with van der Waals surface area (Å²) in [7, 11) is 0. The van der Waals surface area contributed by atoms with Gasteiger partial charge in [-0.2, -0.15) is 0 Å². The number of hydrogen-bond donors (Lipinski definition) is 0. The Bertz CT molecular complexity index is 996. The van der Waals surface area contributed by atoms with Gasteiger partial charge in [0.1, 0.15) is 0 Å². The summed E-state index contributed by atoms with van der Waals surface area (Å²) >= 11 is 7.97. The number of halogens is 3. The normalized spacial score (nSPS) is 12.9. The number of benzene rings is 4. The third-order valence-corrected chi connectivity index (χ3v) is 15.6. The van der Waals surface area contributed by atoms with E-state index in [0.717, 1.165) is 4.47 Å². The van der Waals surface area contributed by atoms with Crippen molar-refractivity contribution in [3.05, 3.63) is 125 Å². The van der Waals surface area contributed by atoms with Gasteiger partial charge in [-0.15, -0.1) is 0 Å². The van der Waals surface area contributed by atoms with Crippen LogP contribution in [0.4, 0.5) is 4.39 Å². The summed E-state index contributed by atoms with van der Waals surface area (Å²) in [6.45, 7) is 0. The zero-order valence-corrected chi connectivity index (χ0v) is 19.7. The van der Waals surface area contributed by atoms with Crippen LogP contribution in [0, 0.1) is 5.82 Å². The van der Waals surface area contributed by atoms with Gasteiger partial charge in [0, 0.05) is 0 Å². The molecule has 0 aliphatic rings. The fraction of sp³-hybridized carbons (Fsp3) is 0.0400. The molecule has 0 bridgehead atoms. The molecular weight excluding hydrogens is 510 g/mol. The summed E-state index contributed by atoms with van der Waals surface area (Å²) < 4.78 is 15.9. The molecule has 0 heterocycles. The van der Waals surface area contributed by atoms with E-state index in [1.54, 1.807) is 6.07 Å². The van der Waals surface area contributed by atoms with Crippen LogP contribution in [0.15, 0.2) is 114 Å². The molecule has 0 saturated heterocycles. The van der Waals surface area contributed by atoms with Gasteiger partial charge < -0.3 is 0 Å². The van der Waals surface area contributed by atoms with Crippen LogP contribution in [0.2, 0.25) is 0 Å². The van der Waals surface area contributed by atoms with E-state index in [1.165, 1.54) is 22.0 Å². The van der Waals surface area contributed by atoms with Crippen molar-refractivity contribution in [2.24, 2.45) is 0 Å². The molecule has 146 valence electrons. The van der Waals surface area contributed by atoms with Gasteiger partial charge in [-0.05, 0) is 0 Å². The fourth-order valence-electron chi connectivity index (χ4n) is 3.92. The van der Waals surface area contributed by atoms with E-state index >= 15 is 4.39 Å². The second-order valence-electron chi connectivity index (χ2n) is 7.05. The van der Waals surface area contributed by atoms with Gasteiger partial charge in [-0.1, -0.05) is 0 Å². The van der Waals surface area contributed by atoms with E-state index in [9.17, 15) is 0 Å². The van der Waals surface area contributed by atoms with Gasteiger partial charge in [0.15, 0.2) is 0 Å². The topological polar surface area (TPSA) is 0 Å². The van der Waals surface area contributed by atoms with E-state index in [1.807, 2.05) is 24.3 Å². The van der Waals surface area contributed by atoms with Gasteiger partial charge in [0.25, 0.3) is 0 Å². The van der Waals surface area contributed by atoms with E-state index in [4.69, 9.17) is 0 Å². The van der Waals surface area contributed by atoms with Crippen LogP contribution >= 0.6 is 36.7 Å². The first-order valence-electron chi connectivity index (χ1n) is 9.36. The van der Waals surface area contributed by atoms with Crippen LogP contribution in [-0.4, -0.2) is 0 Å². The fourth-order valence-corrected chi connectivity index (χ4v) is 12.2. The summed E-state index contributed by atoms with van der Waals surface area (Å²) in [5, 5.41) is 0.314. The molecule has 0 atom stereocenters. The van der Waals surface area contributed by atoms with Gasteiger partial charge in [0.05, 0.1) is 0 Å². The van der Waals surface area contributed by atoms with Crippen LogP contribution in [0.3, 0.4) is 0 Å². The Balaban J connectivity index is 2.13. The van der Waals surface area contributed by atoms with Gasteiger partial charge >= 0.3 is 188 Å². The van der Waals surface area contributed by atoms with Crippen LogP contribution in [-0.2, 0) is 6.16 Å². The van der Waals surface area contributed by atoms with Crippen molar-refractivity contribution in [1.29, 1.82) is 0 Å². The SMILES string of the molecule is Fc1cccc(Br)c1CP(Br)(c1ccccc1)(c1ccccc1)c1ccccc1. The average molecular weight is 530 g/mol. The molecule has 0 fully saturated rings. The van der Waals surface area contributed by atoms with E-state index in [0.29, 0.717) is 11.7 Å². The second-order valence-corrected chi connectivity index (χ2v) is 16.8. The van der Waals surface area contributed by atoms with Crippen LogP contribution in [0.1, 0.15) is 5.56 Å². The molecule has 0 radical (unpaired) electrons. The Kier molecular flexibility index (Phi) is 5.75. The third-order valence-electron chi connectivity index (χ3n) is 5.40. The maximum atomic E-state index is 15.1. The van der Waals surface area contributed by atoms with Gasteiger partial charge in [-0.25, -0.2) is 0 Å². The molecule has 0 saturated carbocycles. The predicted octanol–water partition coefficient (Wildman–Crippen LogP) is 6.93. The van der Waals surface area contributed by atoms with Gasteiger partial charge in [-0.3, -0.25) is 0 Å². The van der Waals surface area contributed by atoms with Crippen molar-refractivity contribution in [3.63, 3.8) is 0 Å². The summed E-state index contributed by atoms with van der Waals surface area (Å²) in [4.78, 5) is 0. The molecule has 0 nitrogen and oxygen atoms in total. The molecule has 4 rings (SSSR count). The monoisotopic (exact) mass is 528 g/mol. The van der Waals surface area contributed by atoms with E-state index in [2.05, 4.69) is 104 Å². The van der Waals surface area contributed by atoms with Crippen LogP contribution in [0.25, 0.3) is 0 Å². The first-order valence-corrected chi connectivity index (χ1v) is 14.6. The van der Waals surface area contributed by atoms with Gasteiger partial charge in [0.2, 0.25) is 0 Å².